The number of hydrogen-bond acceptors (Lipinski definition) is 4. The number of hydrogen-bond donors (Lipinski definition) is 1. The first-order valence-corrected chi connectivity index (χ1v) is 6.92. The van der Waals surface area contributed by atoms with Gasteiger partial charge in [0.25, 0.3) is 0 Å². The number of nitriles is 1. The van der Waals surface area contributed by atoms with Gasteiger partial charge in [0, 0.05) is 13.6 Å². The number of nitrogens with one attached hydrogen (secondary N) is 1. The molecule has 1 N–H and O–H groups in total. The Morgan fingerprint density at radius 2 is 2.27 bits per heavy atom. The van der Waals surface area contributed by atoms with Gasteiger partial charge in [-0.25, -0.2) is 4.39 Å². The first-order valence-electron chi connectivity index (χ1n) is 6.92. The van der Waals surface area contributed by atoms with Gasteiger partial charge in [0.15, 0.2) is 0 Å². The van der Waals surface area contributed by atoms with E-state index in [1.807, 2.05) is 6.07 Å². The van der Waals surface area contributed by atoms with Gasteiger partial charge in [0.1, 0.15) is 18.4 Å². The maximum absolute atomic E-state index is 13.3. The lowest BCUT2D eigenvalue weighted by atomic mass is 10.1. The van der Waals surface area contributed by atoms with Crippen LogP contribution in [0.3, 0.4) is 0 Å². The zero-order valence-corrected chi connectivity index (χ0v) is 12.5. The van der Waals surface area contributed by atoms with Gasteiger partial charge in [-0.1, -0.05) is 0 Å². The Hall–Kier alpha value is -2.62. The molecule has 1 aliphatic heterocycles. The van der Waals surface area contributed by atoms with Crippen LogP contribution in [0.2, 0.25) is 0 Å². The highest BCUT2D eigenvalue weighted by Gasteiger charge is 2.31. The van der Waals surface area contributed by atoms with E-state index in [4.69, 9.17) is 5.26 Å². The number of halogens is 1. The number of nitrogens with zero attached hydrogens (tertiary/aromatic N) is 3. The standard InChI is InChI=1S/C15H17FN4O2/c1-10-15(22)20(9-14(21)19(2)7-3-6-17)13-5-4-11(16)8-12(13)18-10/h4-5,8,10,18H,3,7,9H2,1-2H3. The molecular formula is C15H17FN4O2. The Balaban J connectivity index is 2.21. The van der Waals surface area contributed by atoms with Crippen molar-refractivity contribution in [3.05, 3.63) is 24.0 Å². The second-order valence-corrected chi connectivity index (χ2v) is 5.18. The molecule has 0 aliphatic carbocycles. The number of rotatable bonds is 4. The molecule has 0 saturated carbocycles. The third-order valence-corrected chi connectivity index (χ3v) is 3.54. The Morgan fingerprint density at radius 1 is 1.55 bits per heavy atom. The maximum atomic E-state index is 13.3. The van der Waals surface area contributed by atoms with Gasteiger partial charge in [-0.05, 0) is 25.1 Å². The lowest BCUT2D eigenvalue weighted by Gasteiger charge is -2.34. The van der Waals surface area contributed by atoms with Crippen molar-refractivity contribution in [2.45, 2.75) is 19.4 Å². The number of likely N-dealkylation sites (N-methyl/N-ethyl adjacent to an activating group) is 1. The quantitative estimate of drug-likeness (QED) is 0.911. The summed E-state index contributed by atoms with van der Waals surface area (Å²) in [5.74, 6) is -0.931. The average Bonchev–Trinajstić information content (AvgIpc) is 2.48. The van der Waals surface area contributed by atoms with Gasteiger partial charge in [-0.15, -0.1) is 0 Å². The normalized spacial score (nSPS) is 16.5. The van der Waals surface area contributed by atoms with Crippen LogP contribution in [0.25, 0.3) is 0 Å². The van der Waals surface area contributed by atoms with Crippen molar-refractivity contribution in [3.63, 3.8) is 0 Å². The van der Waals surface area contributed by atoms with E-state index in [2.05, 4.69) is 5.32 Å². The Kier molecular flexibility index (Phi) is 4.61. The van der Waals surface area contributed by atoms with Crippen molar-refractivity contribution < 1.29 is 14.0 Å². The molecule has 2 rings (SSSR count). The summed E-state index contributed by atoms with van der Waals surface area (Å²) in [6.45, 7) is 1.83. The van der Waals surface area contributed by atoms with Crippen LogP contribution in [-0.2, 0) is 9.59 Å². The third kappa shape index (κ3) is 3.17. The van der Waals surface area contributed by atoms with Crippen LogP contribution < -0.4 is 10.2 Å². The van der Waals surface area contributed by atoms with E-state index in [9.17, 15) is 14.0 Å². The predicted molar refractivity (Wildman–Crippen MR) is 79.7 cm³/mol. The zero-order valence-electron chi connectivity index (χ0n) is 12.5. The fraction of sp³-hybridized carbons (Fsp3) is 0.400. The van der Waals surface area contributed by atoms with E-state index < -0.39 is 11.9 Å². The number of carbonyl (C=O) groups excluding carboxylic acids is 2. The molecule has 22 heavy (non-hydrogen) atoms. The van der Waals surface area contributed by atoms with Crippen molar-refractivity contribution in [3.8, 4) is 6.07 Å². The van der Waals surface area contributed by atoms with Crippen LogP contribution in [0.15, 0.2) is 18.2 Å². The summed E-state index contributed by atoms with van der Waals surface area (Å²) >= 11 is 0. The van der Waals surface area contributed by atoms with E-state index in [1.54, 1.807) is 14.0 Å². The monoisotopic (exact) mass is 304 g/mol. The van der Waals surface area contributed by atoms with Gasteiger partial charge in [0.2, 0.25) is 11.8 Å². The topological polar surface area (TPSA) is 76.4 Å². The van der Waals surface area contributed by atoms with Crippen molar-refractivity contribution in [1.29, 1.82) is 5.26 Å². The summed E-state index contributed by atoms with van der Waals surface area (Å²) in [5, 5.41) is 11.5. The van der Waals surface area contributed by atoms with Crippen LogP contribution >= 0.6 is 0 Å². The minimum atomic E-state index is -0.536. The highest BCUT2D eigenvalue weighted by atomic mass is 19.1. The number of anilines is 2. The smallest absolute Gasteiger partial charge is 0.249 e. The van der Waals surface area contributed by atoms with Crippen LogP contribution in [0.4, 0.5) is 15.8 Å². The molecule has 0 aromatic heterocycles. The zero-order chi connectivity index (χ0) is 16.3. The van der Waals surface area contributed by atoms with E-state index >= 15 is 0 Å². The molecular weight excluding hydrogens is 287 g/mol. The second kappa shape index (κ2) is 6.43. The number of fused-ring (bicyclic) bond motifs is 1. The molecule has 0 saturated heterocycles. The van der Waals surface area contributed by atoms with Crippen molar-refractivity contribution >= 4 is 23.2 Å². The molecule has 1 unspecified atom stereocenters. The minimum Gasteiger partial charge on any atom is -0.372 e. The molecule has 1 heterocycles. The summed E-state index contributed by atoms with van der Waals surface area (Å²) in [4.78, 5) is 27.2. The maximum Gasteiger partial charge on any atom is 0.249 e. The molecule has 1 aromatic carbocycles. The Morgan fingerprint density at radius 3 is 2.95 bits per heavy atom. The first kappa shape index (κ1) is 15.8. The number of amides is 2. The highest BCUT2D eigenvalue weighted by Crippen LogP contribution is 2.32. The Labute approximate surface area is 128 Å². The highest BCUT2D eigenvalue weighted by molar-refractivity contribution is 6.07. The average molecular weight is 304 g/mol. The second-order valence-electron chi connectivity index (χ2n) is 5.18. The van der Waals surface area contributed by atoms with E-state index in [0.717, 1.165) is 0 Å². The molecule has 6 nitrogen and oxygen atoms in total. The first-order chi connectivity index (χ1) is 10.4. The summed E-state index contributed by atoms with van der Waals surface area (Å²) in [5.41, 5.74) is 0.964. The molecule has 0 spiro atoms. The molecule has 7 heteroatoms. The Bertz CT molecular complexity index is 641. The van der Waals surface area contributed by atoms with Crippen molar-refractivity contribution in [1.82, 2.24) is 4.90 Å². The van der Waals surface area contributed by atoms with E-state index in [-0.39, 0.29) is 24.8 Å². The SMILES string of the molecule is CC1Nc2cc(F)ccc2N(CC(=O)N(C)CCC#N)C1=O. The van der Waals surface area contributed by atoms with Crippen LogP contribution in [0.5, 0.6) is 0 Å². The van der Waals surface area contributed by atoms with Crippen molar-refractivity contribution in [2.24, 2.45) is 0 Å². The van der Waals surface area contributed by atoms with Crippen LogP contribution in [0.1, 0.15) is 13.3 Å². The minimum absolute atomic E-state index is 0.134. The molecule has 0 bridgehead atoms. The van der Waals surface area contributed by atoms with Gasteiger partial charge >= 0.3 is 0 Å². The number of benzene rings is 1. The molecule has 0 radical (unpaired) electrons. The molecule has 1 aromatic rings. The largest absolute Gasteiger partial charge is 0.372 e. The lowest BCUT2D eigenvalue weighted by Crippen LogP contribution is -2.50. The molecule has 1 aliphatic rings. The third-order valence-electron chi connectivity index (χ3n) is 3.54. The molecule has 0 fully saturated rings. The van der Waals surface area contributed by atoms with Gasteiger partial charge in [-0.3, -0.25) is 14.5 Å². The van der Waals surface area contributed by atoms with Gasteiger partial charge < -0.3 is 10.2 Å². The summed E-state index contributed by atoms with van der Waals surface area (Å²) < 4.78 is 13.3. The van der Waals surface area contributed by atoms with Crippen molar-refractivity contribution in [2.75, 3.05) is 30.4 Å². The fourth-order valence-electron chi connectivity index (χ4n) is 2.27. The molecule has 1 atom stereocenters. The van der Waals surface area contributed by atoms with Gasteiger partial charge in [-0.2, -0.15) is 5.26 Å². The summed E-state index contributed by atoms with van der Waals surface area (Å²) in [7, 11) is 1.58. The summed E-state index contributed by atoms with van der Waals surface area (Å²) in [6.07, 6.45) is 0.232. The molecule has 116 valence electrons. The predicted octanol–water partition coefficient (Wildman–Crippen LogP) is 1.34. The van der Waals surface area contributed by atoms with Gasteiger partial charge in [0.05, 0.1) is 23.9 Å². The summed E-state index contributed by atoms with van der Waals surface area (Å²) in [6, 6.07) is 5.46. The van der Waals surface area contributed by atoms with E-state index in [0.29, 0.717) is 17.9 Å². The van der Waals surface area contributed by atoms with Crippen LogP contribution in [0, 0.1) is 17.1 Å². The fourth-order valence-corrected chi connectivity index (χ4v) is 2.27. The number of carbonyl (C=O) groups is 2. The molecule has 2 amide bonds. The van der Waals surface area contributed by atoms with Crippen LogP contribution in [-0.4, -0.2) is 42.9 Å². The van der Waals surface area contributed by atoms with E-state index in [1.165, 1.54) is 28.0 Å². The lowest BCUT2D eigenvalue weighted by molar-refractivity contribution is -0.130.